The Labute approximate surface area is 225 Å². The number of rotatable bonds is 9. The lowest BCUT2D eigenvalue weighted by Gasteiger charge is -2.30. The second kappa shape index (κ2) is 11.2. The summed E-state index contributed by atoms with van der Waals surface area (Å²) in [5.74, 6) is -0.0136. The zero-order chi connectivity index (χ0) is 26.5. The Bertz CT molecular complexity index is 1390. The molecule has 1 aliphatic heterocycles. The third-order valence-electron chi connectivity index (χ3n) is 7.47. The molecule has 1 aliphatic rings. The van der Waals surface area contributed by atoms with E-state index < -0.39 is 11.4 Å². The molecule has 5 rings (SSSR count). The molecule has 0 aliphatic carbocycles. The Morgan fingerprint density at radius 3 is 2.39 bits per heavy atom. The summed E-state index contributed by atoms with van der Waals surface area (Å²) in [4.78, 5) is 13.7. The zero-order valence-corrected chi connectivity index (χ0v) is 22.2. The van der Waals surface area contributed by atoms with E-state index in [1.54, 1.807) is 0 Å². The van der Waals surface area contributed by atoms with E-state index in [-0.39, 0.29) is 6.42 Å². The molecule has 0 aromatic heterocycles. The Hall–Kier alpha value is -3.89. The molecule has 0 spiro atoms. The van der Waals surface area contributed by atoms with Crippen molar-refractivity contribution in [1.82, 2.24) is 4.90 Å². The normalized spacial score (nSPS) is 13.6. The monoisotopic (exact) mass is 505 g/mol. The van der Waals surface area contributed by atoms with Gasteiger partial charge in [-0.1, -0.05) is 92.7 Å². The lowest BCUT2D eigenvalue weighted by atomic mass is 9.82. The van der Waals surface area contributed by atoms with Crippen LogP contribution in [0.3, 0.4) is 0 Å². The summed E-state index contributed by atoms with van der Waals surface area (Å²) >= 11 is 0. The summed E-state index contributed by atoms with van der Waals surface area (Å²) in [5, 5.41) is 9.18. The first-order valence-electron chi connectivity index (χ1n) is 13.3. The molecule has 4 nitrogen and oxygen atoms in total. The van der Waals surface area contributed by atoms with E-state index >= 15 is 0 Å². The van der Waals surface area contributed by atoms with Gasteiger partial charge in [0.25, 0.3) is 0 Å². The quantitative estimate of drug-likeness (QED) is 0.260. The maximum atomic E-state index is 11.2. The molecule has 0 atom stereocenters. The Morgan fingerprint density at radius 2 is 1.63 bits per heavy atom. The van der Waals surface area contributed by atoms with Gasteiger partial charge in [0.15, 0.2) is 0 Å². The van der Waals surface area contributed by atoms with E-state index in [1.165, 1.54) is 27.8 Å². The fourth-order valence-corrected chi connectivity index (χ4v) is 5.39. The number of hydrogen-bond donors (Lipinski definition) is 1. The molecule has 0 fully saturated rings. The van der Waals surface area contributed by atoms with Crippen molar-refractivity contribution in [3.63, 3.8) is 0 Å². The smallest absolute Gasteiger partial charge is 0.304 e. The molecule has 38 heavy (non-hydrogen) atoms. The van der Waals surface area contributed by atoms with E-state index in [0.717, 1.165) is 42.9 Å². The summed E-state index contributed by atoms with van der Waals surface area (Å²) in [7, 11) is 0. The van der Waals surface area contributed by atoms with Gasteiger partial charge in [0.2, 0.25) is 0 Å². The zero-order valence-electron chi connectivity index (χ0n) is 22.2. The number of nitrogens with zero attached hydrogens (tertiary/aromatic N) is 1. The minimum atomic E-state index is -0.792. The molecule has 4 heteroatoms. The van der Waals surface area contributed by atoms with Crippen LogP contribution in [0.5, 0.6) is 5.75 Å². The van der Waals surface area contributed by atoms with Crippen molar-refractivity contribution in [2.75, 3.05) is 6.54 Å². The molecule has 0 radical (unpaired) electrons. The van der Waals surface area contributed by atoms with Gasteiger partial charge in [-0.15, -0.1) is 0 Å². The molecular weight excluding hydrogens is 470 g/mol. The lowest BCUT2D eigenvalue weighted by Crippen LogP contribution is -2.30. The topological polar surface area (TPSA) is 49.8 Å². The van der Waals surface area contributed by atoms with Crippen LogP contribution in [0.4, 0.5) is 0 Å². The fraction of sp³-hybridized carbons (Fsp3) is 0.265. The van der Waals surface area contributed by atoms with E-state index in [4.69, 9.17) is 4.74 Å². The Kier molecular flexibility index (Phi) is 7.62. The van der Waals surface area contributed by atoms with Gasteiger partial charge in [-0.2, -0.15) is 0 Å². The van der Waals surface area contributed by atoms with E-state index in [1.807, 2.05) is 38.1 Å². The second-order valence-electron chi connectivity index (χ2n) is 10.9. The summed E-state index contributed by atoms with van der Waals surface area (Å²) in [6.07, 6.45) is 1.14. The highest BCUT2D eigenvalue weighted by Crippen LogP contribution is 2.32. The van der Waals surface area contributed by atoms with Crippen LogP contribution in [0.25, 0.3) is 11.1 Å². The van der Waals surface area contributed by atoms with Crippen molar-refractivity contribution < 1.29 is 14.6 Å². The average molecular weight is 506 g/mol. The standard InChI is InChI=1S/C34H35NO3/c1-34(2,21-33(36)37)29-14-16-30(17-15-29)38-24-26-10-6-11-27(20-26)31-13-7-12-28-23-35(19-18-32(28)31)22-25-8-4-3-5-9-25/h3-17,20H,18-19,21-24H2,1-2H3,(H,36,37). The van der Waals surface area contributed by atoms with E-state index in [2.05, 4.69) is 77.7 Å². The minimum Gasteiger partial charge on any atom is -0.489 e. The van der Waals surface area contributed by atoms with Crippen LogP contribution < -0.4 is 4.74 Å². The second-order valence-corrected chi connectivity index (χ2v) is 10.9. The van der Waals surface area contributed by atoms with E-state index in [0.29, 0.717) is 6.61 Å². The number of carboxylic acid groups (broad SMARTS) is 1. The Morgan fingerprint density at radius 1 is 0.895 bits per heavy atom. The molecule has 1 heterocycles. The van der Waals surface area contributed by atoms with Gasteiger partial charge in [0, 0.05) is 25.0 Å². The molecule has 1 N–H and O–H groups in total. The van der Waals surface area contributed by atoms with Crippen molar-refractivity contribution in [3.8, 4) is 16.9 Å². The van der Waals surface area contributed by atoms with Crippen molar-refractivity contribution in [2.45, 2.75) is 51.8 Å². The van der Waals surface area contributed by atoms with Gasteiger partial charge in [0.05, 0.1) is 6.42 Å². The van der Waals surface area contributed by atoms with Crippen LogP contribution in [0.2, 0.25) is 0 Å². The van der Waals surface area contributed by atoms with Crippen molar-refractivity contribution in [1.29, 1.82) is 0 Å². The molecular formula is C34H35NO3. The van der Waals surface area contributed by atoms with E-state index in [9.17, 15) is 9.90 Å². The average Bonchev–Trinajstić information content (AvgIpc) is 2.92. The van der Waals surface area contributed by atoms with Gasteiger partial charge in [-0.05, 0) is 63.6 Å². The highest BCUT2D eigenvalue weighted by molar-refractivity contribution is 5.70. The van der Waals surface area contributed by atoms with Crippen LogP contribution in [-0.4, -0.2) is 22.5 Å². The van der Waals surface area contributed by atoms with Crippen LogP contribution in [0, 0.1) is 0 Å². The SMILES string of the molecule is CC(C)(CC(=O)O)c1ccc(OCc2cccc(-c3cccc4c3CCN(Cc3ccccc3)C4)c2)cc1. The molecule has 0 saturated heterocycles. The van der Waals surface area contributed by atoms with Gasteiger partial charge in [0.1, 0.15) is 12.4 Å². The highest BCUT2D eigenvalue weighted by atomic mass is 16.5. The third kappa shape index (κ3) is 6.15. The van der Waals surface area contributed by atoms with Crippen molar-refractivity contribution in [2.24, 2.45) is 0 Å². The summed E-state index contributed by atoms with van der Waals surface area (Å²) in [6.45, 7) is 7.39. The van der Waals surface area contributed by atoms with Gasteiger partial charge < -0.3 is 9.84 Å². The first-order chi connectivity index (χ1) is 18.4. The molecule has 4 aromatic carbocycles. The maximum absolute atomic E-state index is 11.2. The molecule has 194 valence electrons. The number of aliphatic carboxylic acids is 1. The summed E-state index contributed by atoms with van der Waals surface area (Å²) in [6, 6.07) is 33.8. The number of benzene rings is 4. The minimum absolute atomic E-state index is 0.0915. The molecule has 0 saturated carbocycles. The predicted octanol–water partition coefficient (Wildman–Crippen LogP) is 7.24. The first kappa shape index (κ1) is 25.7. The number of carbonyl (C=O) groups is 1. The maximum Gasteiger partial charge on any atom is 0.304 e. The molecule has 0 amide bonds. The highest BCUT2D eigenvalue weighted by Gasteiger charge is 2.24. The molecule has 0 unspecified atom stereocenters. The summed E-state index contributed by atoms with van der Waals surface area (Å²) < 4.78 is 6.09. The van der Waals surface area contributed by atoms with Crippen molar-refractivity contribution >= 4 is 5.97 Å². The van der Waals surface area contributed by atoms with Gasteiger partial charge >= 0.3 is 5.97 Å². The lowest BCUT2D eigenvalue weighted by molar-refractivity contribution is -0.138. The van der Waals surface area contributed by atoms with Crippen LogP contribution in [0.15, 0.2) is 97.1 Å². The molecule has 4 aromatic rings. The molecule has 0 bridgehead atoms. The number of ether oxygens (including phenoxy) is 1. The van der Waals surface area contributed by atoms with Crippen LogP contribution >= 0.6 is 0 Å². The predicted molar refractivity (Wildman–Crippen MR) is 152 cm³/mol. The largest absolute Gasteiger partial charge is 0.489 e. The number of fused-ring (bicyclic) bond motifs is 1. The van der Waals surface area contributed by atoms with Crippen molar-refractivity contribution in [3.05, 3.63) is 125 Å². The number of hydrogen-bond acceptors (Lipinski definition) is 3. The first-order valence-corrected chi connectivity index (χ1v) is 13.3. The number of carboxylic acids is 1. The fourth-order valence-electron chi connectivity index (χ4n) is 5.39. The Balaban J connectivity index is 1.26. The third-order valence-corrected chi connectivity index (χ3v) is 7.47. The van der Waals surface area contributed by atoms with Crippen LogP contribution in [0.1, 0.15) is 48.1 Å². The summed E-state index contributed by atoms with van der Waals surface area (Å²) in [5.41, 5.74) is 8.46. The van der Waals surface area contributed by atoms with Gasteiger partial charge in [-0.3, -0.25) is 9.69 Å². The van der Waals surface area contributed by atoms with Gasteiger partial charge in [-0.25, -0.2) is 0 Å². The van der Waals surface area contributed by atoms with Crippen LogP contribution in [-0.2, 0) is 36.3 Å².